The summed E-state index contributed by atoms with van der Waals surface area (Å²) in [5, 5.41) is 24.6. The maximum atomic E-state index is 11.0. The number of aliphatic hydroxyl groups is 1. The van der Waals surface area contributed by atoms with Crippen molar-refractivity contribution in [2.75, 3.05) is 19.8 Å². The maximum absolute atomic E-state index is 11.0. The molecule has 4 rings (SSSR count). The predicted octanol–water partition coefficient (Wildman–Crippen LogP) is 2.35. The molecule has 8 nitrogen and oxygen atoms in total. The Morgan fingerprint density at radius 2 is 2.00 bits per heavy atom. The molecule has 0 unspecified atom stereocenters. The van der Waals surface area contributed by atoms with Gasteiger partial charge in [0, 0.05) is 30.4 Å². The number of ether oxygens (including phenoxy) is 2. The van der Waals surface area contributed by atoms with Gasteiger partial charge >= 0.3 is 5.97 Å². The van der Waals surface area contributed by atoms with Crippen LogP contribution in [0.2, 0.25) is 0 Å². The Morgan fingerprint density at radius 3 is 2.71 bits per heavy atom. The largest absolute Gasteiger partial charge is 0.478 e. The number of hydrogen-bond donors (Lipinski definition) is 2. The third kappa shape index (κ3) is 3.89. The van der Waals surface area contributed by atoms with Crippen molar-refractivity contribution < 1.29 is 24.5 Å². The quantitative estimate of drug-likeness (QED) is 0.673. The lowest BCUT2D eigenvalue weighted by Gasteiger charge is -2.23. The molecule has 0 spiro atoms. The van der Waals surface area contributed by atoms with E-state index in [2.05, 4.69) is 10.1 Å². The Kier molecular flexibility index (Phi) is 5.34. The van der Waals surface area contributed by atoms with Crippen LogP contribution >= 0.6 is 0 Å². The number of aliphatic hydroxyl groups excluding tert-OH is 1. The van der Waals surface area contributed by atoms with Gasteiger partial charge in [-0.15, -0.1) is 0 Å². The number of nitrogens with zero attached hydrogens (tertiary/aromatic N) is 3. The molecule has 1 fully saturated rings. The van der Waals surface area contributed by atoms with Crippen LogP contribution in [-0.4, -0.2) is 56.9 Å². The molecule has 0 saturated carbocycles. The topological polar surface area (TPSA) is 107 Å². The lowest BCUT2D eigenvalue weighted by atomic mass is 10.1. The van der Waals surface area contributed by atoms with Crippen LogP contribution in [0.4, 0.5) is 0 Å². The van der Waals surface area contributed by atoms with Crippen molar-refractivity contribution in [3.8, 4) is 5.69 Å². The second kappa shape index (κ2) is 8.05. The standard InChI is InChI=1S/C20H21N3O5/c24-18(12-28-17-5-7-27-8-6-17)14-9-15-11-22-23(19(15)21-10-14)16-3-1-13(2-4-16)20(25)26/h1-4,9-11,17-18,24H,5-8,12H2,(H,25,26)/t18-/m1/s1. The molecule has 2 aromatic heterocycles. The molecule has 28 heavy (non-hydrogen) atoms. The normalized spacial score (nSPS) is 16.3. The minimum Gasteiger partial charge on any atom is -0.478 e. The molecule has 1 atom stereocenters. The lowest BCUT2D eigenvalue weighted by Crippen LogP contribution is -2.25. The molecule has 0 bridgehead atoms. The van der Waals surface area contributed by atoms with Gasteiger partial charge in [0.1, 0.15) is 6.10 Å². The number of carboxylic acid groups (broad SMARTS) is 1. The van der Waals surface area contributed by atoms with Crippen molar-refractivity contribution in [2.45, 2.75) is 25.0 Å². The third-order valence-electron chi connectivity index (χ3n) is 4.83. The van der Waals surface area contributed by atoms with Crippen LogP contribution in [0.1, 0.15) is 34.9 Å². The Bertz CT molecular complexity index is 964. The molecule has 3 heterocycles. The summed E-state index contributed by atoms with van der Waals surface area (Å²) in [6.07, 6.45) is 4.33. The third-order valence-corrected chi connectivity index (χ3v) is 4.83. The van der Waals surface area contributed by atoms with E-state index in [0.29, 0.717) is 30.1 Å². The molecule has 8 heteroatoms. The van der Waals surface area contributed by atoms with Crippen molar-refractivity contribution in [2.24, 2.45) is 0 Å². The average Bonchev–Trinajstić information content (AvgIpc) is 3.16. The summed E-state index contributed by atoms with van der Waals surface area (Å²) in [4.78, 5) is 15.4. The fourth-order valence-electron chi connectivity index (χ4n) is 3.22. The van der Waals surface area contributed by atoms with Crippen LogP contribution in [0.15, 0.2) is 42.7 Å². The highest BCUT2D eigenvalue weighted by atomic mass is 16.5. The Morgan fingerprint density at radius 1 is 1.25 bits per heavy atom. The molecule has 1 aliphatic rings. The number of carboxylic acids is 1. The zero-order valence-corrected chi connectivity index (χ0v) is 15.2. The highest BCUT2D eigenvalue weighted by molar-refractivity contribution is 5.87. The van der Waals surface area contributed by atoms with Crippen LogP contribution in [0, 0.1) is 0 Å². The van der Waals surface area contributed by atoms with E-state index in [1.54, 1.807) is 29.2 Å². The van der Waals surface area contributed by atoms with Crippen LogP contribution in [0.25, 0.3) is 16.7 Å². The molecule has 1 saturated heterocycles. The van der Waals surface area contributed by atoms with E-state index in [4.69, 9.17) is 14.6 Å². The van der Waals surface area contributed by atoms with Gasteiger partial charge in [-0.05, 0) is 43.2 Å². The number of rotatable bonds is 6. The summed E-state index contributed by atoms with van der Waals surface area (Å²) in [5.41, 5.74) is 2.22. The molecule has 146 valence electrons. The average molecular weight is 383 g/mol. The summed E-state index contributed by atoms with van der Waals surface area (Å²) >= 11 is 0. The van der Waals surface area contributed by atoms with E-state index >= 15 is 0 Å². The second-order valence-electron chi connectivity index (χ2n) is 6.75. The first-order valence-corrected chi connectivity index (χ1v) is 9.16. The number of benzene rings is 1. The van der Waals surface area contributed by atoms with Crippen LogP contribution < -0.4 is 0 Å². The van der Waals surface area contributed by atoms with Crippen molar-refractivity contribution in [3.05, 3.63) is 53.9 Å². The van der Waals surface area contributed by atoms with E-state index in [9.17, 15) is 9.90 Å². The van der Waals surface area contributed by atoms with Gasteiger partial charge < -0.3 is 19.7 Å². The first kappa shape index (κ1) is 18.5. The van der Waals surface area contributed by atoms with Crippen molar-refractivity contribution >= 4 is 17.0 Å². The first-order valence-electron chi connectivity index (χ1n) is 9.16. The van der Waals surface area contributed by atoms with E-state index in [1.807, 2.05) is 6.07 Å². The first-order chi connectivity index (χ1) is 13.6. The molecule has 0 aliphatic carbocycles. The molecular formula is C20H21N3O5. The minimum atomic E-state index is -0.975. The number of pyridine rings is 1. The van der Waals surface area contributed by atoms with Gasteiger partial charge in [0.2, 0.25) is 0 Å². The van der Waals surface area contributed by atoms with E-state index in [1.165, 1.54) is 12.1 Å². The van der Waals surface area contributed by atoms with E-state index in [0.717, 1.165) is 18.2 Å². The van der Waals surface area contributed by atoms with Gasteiger partial charge in [-0.3, -0.25) is 0 Å². The number of fused-ring (bicyclic) bond motifs is 1. The van der Waals surface area contributed by atoms with Crippen molar-refractivity contribution in [1.29, 1.82) is 0 Å². The molecular weight excluding hydrogens is 362 g/mol. The monoisotopic (exact) mass is 383 g/mol. The molecule has 1 aliphatic heterocycles. The number of aromatic carboxylic acids is 1. The summed E-state index contributed by atoms with van der Waals surface area (Å²) in [6, 6.07) is 8.26. The summed E-state index contributed by atoms with van der Waals surface area (Å²) < 4.78 is 12.7. The van der Waals surface area contributed by atoms with E-state index in [-0.39, 0.29) is 18.3 Å². The number of aromatic nitrogens is 3. The highest BCUT2D eigenvalue weighted by Crippen LogP contribution is 2.22. The SMILES string of the molecule is O=C(O)c1ccc(-n2ncc3cc([C@H](O)COC4CCOCC4)cnc32)cc1. The number of carbonyl (C=O) groups is 1. The van der Waals surface area contributed by atoms with Crippen molar-refractivity contribution in [3.63, 3.8) is 0 Å². The van der Waals surface area contributed by atoms with Gasteiger partial charge in [0.05, 0.1) is 30.2 Å². The summed E-state index contributed by atoms with van der Waals surface area (Å²) in [5.74, 6) is -0.975. The van der Waals surface area contributed by atoms with Gasteiger partial charge in [-0.25, -0.2) is 14.5 Å². The van der Waals surface area contributed by atoms with Crippen molar-refractivity contribution in [1.82, 2.24) is 14.8 Å². The molecule has 1 aromatic carbocycles. The molecule has 2 N–H and O–H groups in total. The van der Waals surface area contributed by atoms with Crippen LogP contribution in [0.5, 0.6) is 0 Å². The Hall–Kier alpha value is -2.81. The summed E-state index contributed by atoms with van der Waals surface area (Å²) in [7, 11) is 0. The van der Waals surface area contributed by atoms with Crippen LogP contribution in [-0.2, 0) is 9.47 Å². The van der Waals surface area contributed by atoms with E-state index < -0.39 is 12.1 Å². The molecule has 3 aromatic rings. The van der Waals surface area contributed by atoms with Crippen LogP contribution in [0.3, 0.4) is 0 Å². The fraction of sp³-hybridized carbons (Fsp3) is 0.350. The smallest absolute Gasteiger partial charge is 0.335 e. The zero-order valence-electron chi connectivity index (χ0n) is 15.2. The van der Waals surface area contributed by atoms with Gasteiger partial charge in [-0.2, -0.15) is 5.10 Å². The Labute approximate surface area is 161 Å². The second-order valence-corrected chi connectivity index (χ2v) is 6.75. The van der Waals surface area contributed by atoms with Gasteiger partial charge in [0.15, 0.2) is 5.65 Å². The van der Waals surface area contributed by atoms with Gasteiger partial charge in [-0.1, -0.05) is 0 Å². The zero-order chi connectivity index (χ0) is 19.5. The van der Waals surface area contributed by atoms with Gasteiger partial charge in [0.25, 0.3) is 0 Å². The fourth-order valence-corrected chi connectivity index (χ4v) is 3.22. The maximum Gasteiger partial charge on any atom is 0.335 e. The Balaban J connectivity index is 1.49. The lowest BCUT2D eigenvalue weighted by molar-refractivity contribution is -0.0598. The minimum absolute atomic E-state index is 0.122. The number of hydrogen-bond acceptors (Lipinski definition) is 6. The highest BCUT2D eigenvalue weighted by Gasteiger charge is 2.18. The predicted molar refractivity (Wildman–Crippen MR) is 101 cm³/mol. The molecule has 0 amide bonds. The molecule has 0 radical (unpaired) electrons. The summed E-state index contributed by atoms with van der Waals surface area (Å²) in [6.45, 7) is 1.60.